The van der Waals surface area contributed by atoms with Gasteiger partial charge in [0.25, 0.3) is 0 Å². The lowest BCUT2D eigenvalue weighted by Crippen LogP contribution is -2.42. The van der Waals surface area contributed by atoms with E-state index >= 15 is 0 Å². The Kier molecular flexibility index (Phi) is 8.01. The number of hydrogen-bond donors (Lipinski definition) is 0. The Morgan fingerprint density at radius 1 is 1.24 bits per heavy atom. The second-order valence-corrected chi connectivity index (χ2v) is 8.57. The van der Waals surface area contributed by atoms with Crippen molar-refractivity contribution in [1.29, 1.82) is 0 Å². The van der Waals surface area contributed by atoms with Gasteiger partial charge in [0.05, 0.1) is 7.11 Å². The van der Waals surface area contributed by atoms with E-state index in [-0.39, 0.29) is 5.56 Å². The minimum atomic E-state index is -4.65. The first kappa shape index (κ1) is 23.6. The Morgan fingerprint density at radius 2 is 1.86 bits per heavy atom. The number of likely N-dealkylation sites (N-methyl/N-ethyl adjacent to an activating group) is 1. The maximum atomic E-state index is 13.7. The Labute approximate surface area is 172 Å². The van der Waals surface area contributed by atoms with Gasteiger partial charge in [0, 0.05) is 13.6 Å². The summed E-state index contributed by atoms with van der Waals surface area (Å²) in [5, 5.41) is 0. The summed E-state index contributed by atoms with van der Waals surface area (Å²) in [6.07, 6.45) is 3.16. The van der Waals surface area contributed by atoms with Gasteiger partial charge in [-0.15, -0.1) is 0 Å². The summed E-state index contributed by atoms with van der Waals surface area (Å²) in [7, 11) is 2.87. The van der Waals surface area contributed by atoms with Crippen LogP contribution in [0.5, 0.6) is 5.75 Å². The Bertz CT molecular complexity index is 660. The van der Waals surface area contributed by atoms with E-state index in [4.69, 9.17) is 4.74 Å². The third-order valence-electron chi connectivity index (χ3n) is 6.25. The van der Waals surface area contributed by atoms with E-state index in [0.29, 0.717) is 23.6 Å². The van der Waals surface area contributed by atoms with E-state index in [2.05, 4.69) is 13.8 Å². The number of methoxy groups -OCH3 is 1. The van der Waals surface area contributed by atoms with Crippen LogP contribution in [0.3, 0.4) is 0 Å². The maximum absolute atomic E-state index is 13.7. The molecule has 1 aromatic rings. The Balaban J connectivity index is 1.99. The van der Waals surface area contributed by atoms with Crippen LogP contribution in [-0.4, -0.2) is 37.7 Å². The molecule has 1 atom stereocenters. The van der Waals surface area contributed by atoms with Crippen LogP contribution in [0.1, 0.15) is 70.3 Å². The number of benzene rings is 1. The fraction of sp³-hybridized carbons (Fsp3) is 0.696. The number of carbonyl (C=O) groups excluding carboxylic acids is 1. The smallest absolute Gasteiger partial charge is 0.404 e. The molecule has 0 heterocycles. The summed E-state index contributed by atoms with van der Waals surface area (Å²) >= 11 is 0. The largest absolute Gasteiger partial charge is 0.497 e. The van der Waals surface area contributed by atoms with Crippen LogP contribution in [0.25, 0.3) is 0 Å². The molecule has 1 aliphatic rings. The van der Waals surface area contributed by atoms with E-state index in [0.717, 1.165) is 19.3 Å². The van der Waals surface area contributed by atoms with Crippen molar-refractivity contribution >= 4 is 5.91 Å². The molecule has 164 valence electrons. The van der Waals surface area contributed by atoms with Crippen molar-refractivity contribution in [3.05, 3.63) is 29.8 Å². The number of amides is 1. The predicted molar refractivity (Wildman–Crippen MR) is 109 cm³/mol. The van der Waals surface area contributed by atoms with Gasteiger partial charge in [-0.2, -0.15) is 13.2 Å². The van der Waals surface area contributed by atoms with Crippen LogP contribution >= 0.6 is 0 Å². The lowest BCUT2D eigenvalue weighted by Gasteiger charge is -2.49. The molecule has 0 bridgehead atoms. The van der Waals surface area contributed by atoms with Gasteiger partial charge in [0.1, 0.15) is 5.75 Å². The quantitative estimate of drug-likeness (QED) is 0.458. The molecule has 1 saturated carbocycles. The van der Waals surface area contributed by atoms with Crippen LogP contribution in [0.15, 0.2) is 24.3 Å². The topological polar surface area (TPSA) is 29.5 Å². The average Bonchev–Trinajstić information content (AvgIpc) is 2.63. The molecule has 0 aliphatic heterocycles. The van der Waals surface area contributed by atoms with Crippen LogP contribution in [0.2, 0.25) is 0 Å². The van der Waals surface area contributed by atoms with Crippen molar-refractivity contribution in [1.82, 2.24) is 4.90 Å². The number of nitrogens with zero attached hydrogens (tertiary/aromatic N) is 1. The zero-order valence-corrected chi connectivity index (χ0v) is 18.0. The number of alkyl halides is 3. The molecule has 0 aromatic heterocycles. The first-order chi connectivity index (χ1) is 13.7. The molecule has 0 saturated heterocycles. The Morgan fingerprint density at radius 3 is 2.38 bits per heavy atom. The van der Waals surface area contributed by atoms with Crippen molar-refractivity contribution in [2.24, 2.45) is 11.3 Å². The summed E-state index contributed by atoms with van der Waals surface area (Å²) < 4.78 is 46.2. The zero-order chi connectivity index (χ0) is 21.7. The summed E-state index contributed by atoms with van der Waals surface area (Å²) in [6.45, 7) is 4.76. The van der Waals surface area contributed by atoms with Crippen LogP contribution in [0, 0.1) is 11.3 Å². The summed E-state index contributed by atoms with van der Waals surface area (Å²) in [4.78, 5) is 14.0. The fourth-order valence-corrected chi connectivity index (χ4v) is 4.96. The van der Waals surface area contributed by atoms with E-state index < -0.39 is 18.0 Å². The average molecular weight is 414 g/mol. The number of hydrogen-bond acceptors (Lipinski definition) is 2. The molecule has 0 N–H and O–H groups in total. The zero-order valence-electron chi connectivity index (χ0n) is 18.0. The highest BCUT2D eigenvalue weighted by atomic mass is 19.4. The first-order valence-corrected chi connectivity index (χ1v) is 10.6. The molecule has 1 amide bonds. The van der Waals surface area contributed by atoms with E-state index in [9.17, 15) is 18.0 Å². The fourth-order valence-electron chi connectivity index (χ4n) is 4.96. The predicted octanol–water partition coefficient (Wildman–Crippen LogP) is 6.19. The number of ether oxygens (including phenoxy) is 1. The second-order valence-electron chi connectivity index (χ2n) is 8.57. The molecule has 1 unspecified atom stereocenters. The van der Waals surface area contributed by atoms with Crippen LogP contribution in [-0.2, 0) is 4.79 Å². The molecule has 1 aliphatic carbocycles. The molecule has 2 rings (SSSR count). The summed E-state index contributed by atoms with van der Waals surface area (Å²) in [6, 6.07) is 5.68. The monoisotopic (exact) mass is 413 g/mol. The number of halogens is 3. The molecule has 0 radical (unpaired) electrons. The lowest BCUT2D eigenvalue weighted by atomic mass is 9.57. The van der Waals surface area contributed by atoms with Gasteiger partial charge in [0.2, 0.25) is 5.91 Å². The SMILES string of the molecule is CCCC1(CCC)CC(CCN(C)C(=O)C(c2cccc(OC)c2)C(F)(F)F)C1. The number of rotatable bonds is 10. The van der Waals surface area contributed by atoms with E-state index in [1.54, 1.807) is 6.07 Å². The molecule has 6 heteroatoms. The van der Waals surface area contributed by atoms with Crippen molar-refractivity contribution < 1.29 is 22.7 Å². The normalized spacial score (nSPS) is 17.5. The highest BCUT2D eigenvalue weighted by Crippen LogP contribution is 2.53. The molecule has 3 nitrogen and oxygen atoms in total. The van der Waals surface area contributed by atoms with Crippen LogP contribution < -0.4 is 4.74 Å². The standard InChI is InChI=1S/C23H34F3NO2/c1-5-11-22(12-6-2)15-17(16-22)10-13-27(3)21(28)20(23(24,25)26)18-8-7-9-19(14-18)29-4/h7-9,14,17,20H,5-6,10-13,15-16H2,1-4H3. The number of carbonyl (C=O) groups is 1. The van der Waals surface area contributed by atoms with Gasteiger partial charge >= 0.3 is 6.18 Å². The Hall–Kier alpha value is -1.72. The molecule has 1 aromatic carbocycles. The first-order valence-electron chi connectivity index (χ1n) is 10.6. The minimum Gasteiger partial charge on any atom is -0.497 e. The van der Waals surface area contributed by atoms with Crippen molar-refractivity contribution in [3.63, 3.8) is 0 Å². The minimum absolute atomic E-state index is 0.0812. The van der Waals surface area contributed by atoms with Crippen molar-refractivity contribution in [2.75, 3.05) is 20.7 Å². The van der Waals surface area contributed by atoms with Crippen molar-refractivity contribution in [3.8, 4) is 5.75 Å². The van der Waals surface area contributed by atoms with Gasteiger partial charge in [-0.1, -0.05) is 38.8 Å². The van der Waals surface area contributed by atoms with Gasteiger partial charge in [-0.3, -0.25) is 4.79 Å². The van der Waals surface area contributed by atoms with Gasteiger partial charge in [-0.05, 0) is 61.1 Å². The highest BCUT2D eigenvalue weighted by Gasteiger charge is 2.47. The third-order valence-corrected chi connectivity index (χ3v) is 6.25. The maximum Gasteiger partial charge on any atom is 0.404 e. The third kappa shape index (κ3) is 5.89. The summed E-state index contributed by atoms with van der Waals surface area (Å²) in [5.41, 5.74) is 0.341. The molecular weight excluding hydrogens is 379 g/mol. The van der Waals surface area contributed by atoms with Gasteiger partial charge in [0.15, 0.2) is 5.92 Å². The van der Waals surface area contributed by atoms with E-state index in [1.165, 1.54) is 62.9 Å². The lowest BCUT2D eigenvalue weighted by molar-refractivity contribution is -0.171. The van der Waals surface area contributed by atoms with Crippen LogP contribution in [0.4, 0.5) is 13.2 Å². The van der Waals surface area contributed by atoms with Gasteiger partial charge in [-0.25, -0.2) is 0 Å². The van der Waals surface area contributed by atoms with Crippen molar-refractivity contribution in [2.45, 2.75) is 70.9 Å². The molecule has 29 heavy (non-hydrogen) atoms. The highest BCUT2D eigenvalue weighted by molar-refractivity contribution is 5.84. The molecule has 0 spiro atoms. The van der Waals surface area contributed by atoms with Gasteiger partial charge < -0.3 is 9.64 Å². The molecule has 1 fully saturated rings. The summed E-state index contributed by atoms with van der Waals surface area (Å²) in [5.74, 6) is -2.25. The van der Waals surface area contributed by atoms with E-state index in [1.807, 2.05) is 0 Å². The molecular formula is C23H34F3NO2. The second kappa shape index (κ2) is 9.86.